The summed E-state index contributed by atoms with van der Waals surface area (Å²) in [5, 5.41) is 0. The van der Waals surface area contributed by atoms with Crippen molar-refractivity contribution in [3.05, 3.63) is 23.9 Å². The molecule has 0 aliphatic carbocycles. The lowest BCUT2D eigenvalue weighted by Crippen LogP contribution is -2.27. The number of aromatic nitrogens is 1. The van der Waals surface area contributed by atoms with Gasteiger partial charge in [-0.2, -0.15) is 0 Å². The Labute approximate surface area is 105 Å². The predicted molar refractivity (Wildman–Crippen MR) is 72.4 cm³/mol. The van der Waals surface area contributed by atoms with Gasteiger partial charge in [0, 0.05) is 17.7 Å². The third-order valence-corrected chi connectivity index (χ3v) is 3.58. The molecule has 0 aromatic carbocycles. The lowest BCUT2D eigenvalue weighted by atomic mass is 9.82. The van der Waals surface area contributed by atoms with Gasteiger partial charge in [-0.3, -0.25) is 0 Å². The van der Waals surface area contributed by atoms with E-state index in [0.29, 0.717) is 18.4 Å². The van der Waals surface area contributed by atoms with Crippen molar-refractivity contribution in [1.82, 2.24) is 4.98 Å². The average molecular weight is 235 g/mol. The molecule has 17 heavy (non-hydrogen) atoms. The summed E-state index contributed by atoms with van der Waals surface area (Å²) >= 11 is 0. The molecule has 0 saturated carbocycles. The van der Waals surface area contributed by atoms with E-state index in [1.807, 2.05) is 12.3 Å². The lowest BCUT2D eigenvalue weighted by Gasteiger charge is -2.28. The van der Waals surface area contributed by atoms with Gasteiger partial charge in [0.15, 0.2) is 0 Å². The Morgan fingerprint density at radius 3 is 2.24 bits per heavy atom. The minimum atomic E-state index is 0.179. The molecule has 0 amide bonds. The van der Waals surface area contributed by atoms with E-state index in [-0.39, 0.29) is 5.41 Å². The molecule has 0 bridgehead atoms. The first-order chi connectivity index (χ1) is 7.83. The summed E-state index contributed by atoms with van der Waals surface area (Å²) in [6.07, 6.45) is 1.91. The highest BCUT2D eigenvalue weighted by atomic mass is 16.5. The molecule has 2 heteroatoms. The molecule has 0 N–H and O–H groups in total. The van der Waals surface area contributed by atoms with Crippen LogP contribution in [0.4, 0.5) is 0 Å². The zero-order valence-corrected chi connectivity index (χ0v) is 11.9. The highest BCUT2D eigenvalue weighted by Crippen LogP contribution is 2.26. The standard InChI is InChI=1S/C15H25NO/c1-11(2)13-7-8-14(16-9-13)17-10-15(5,6)12(3)4/h7-9,11-12H,10H2,1-6H3. The largest absolute Gasteiger partial charge is 0.477 e. The zero-order valence-electron chi connectivity index (χ0n) is 11.9. The summed E-state index contributed by atoms with van der Waals surface area (Å²) in [6, 6.07) is 4.06. The summed E-state index contributed by atoms with van der Waals surface area (Å²) in [5.74, 6) is 1.84. The van der Waals surface area contributed by atoms with E-state index in [9.17, 15) is 0 Å². The van der Waals surface area contributed by atoms with Gasteiger partial charge in [0.2, 0.25) is 5.88 Å². The van der Waals surface area contributed by atoms with Gasteiger partial charge in [-0.1, -0.05) is 47.6 Å². The number of hydrogen-bond donors (Lipinski definition) is 0. The Balaban J connectivity index is 2.59. The molecule has 0 atom stereocenters. The monoisotopic (exact) mass is 235 g/mol. The van der Waals surface area contributed by atoms with Gasteiger partial charge < -0.3 is 4.74 Å². The van der Waals surface area contributed by atoms with E-state index < -0.39 is 0 Å². The number of ether oxygens (including phenoxy) is 1. The van der Waals surface area contributed by atoms with Crippen LogP contribution in [0.5, 0.6) is 5.88 Å². The topological polar surface area (TPSA) is 22.1 Å². The molecule has 1 heterocycles. The molecule has 2 nitrogen and oxygen atoms in total. The number of rotatable bonds is 5. The summed E-state index contributed by atoms with van der Waals surface area (Å²) in [5.41, 5.74) is 1.43. The van der Waals surface area contributed by atoms with E-state index in [1.54, 1.807) is 0 Å². The fraction of sp³-hybridized carbons (Fsp3) is 0.667. The third kappa shape index (κ3) is 4.03. The number of pyridine rings is 1. The molecule has 0 aliphatic heterocycles. The Hall–Kier alpha value is -1.05. The first-order valence-electron chi connectivity index (χ1n) is 6.41. The van der Waals surface area contributed by atoms with Crippen molar-refractivity contribution >= 4 is 0 Å². The second kappa shape index (κ2) is 5.52. The minimum Gasteiger partial charge on any atom is -0.477 e. The summed E-state index contributed by atoms with van der Waals surface area (Å²) in [7, 11) is 0. The van der Waals surface area contributed by atoms with Crippen LogP contribution in [-0.2, 0) is 0 Å². The average Bonchev–Trinajstić information content (AvgIpc) is 2.27. The van der Waals surface area contributed by atoms with Crippen LogP contribution in [0.15, 0.2) is 18.3 Å². The molecule has 0 saturated heterocycles. The van der Waals surface area contributed by atoms with Crippen LogP contribution >= 0.6 is 0 Å². The maximum absolute atomic E-state index is 5.76. The molecule has 0 fully saturated rings. The smallest absolute Gasteiger partial charge is 0.213 e. The van der Waals surface area contributed by atoms with Gasteiger partial charge in [-0.15, -0.1) is 0 Å². The van der Waals surface area contributed by atoms with Crippen molar-refractivity contribution in [2.24, 2.45) is 11.3 Å². The molecule has 0 spiro atoms. The number of hydrogen-bond acceptors (Lipinski definition) is 2. The van der Waals surface area contributed by atoms with E-state index >= 15 is 0 Å². The summed E-state index contributed by atoms with van der Waals surface area (Å²) in [4.78, 5) is 4.34. The SMILES string of the molecule is CC(C)c1ccc(OCC(C)(C)C(C)C)nc1. The van der Waals surface area contributed by atoms with Crippen molar-refractivity contribution in [3.8, 4) is 5.88 Å². The van der Waals surface area contributed by atoms with Crippen LogP contribution in [0.3, 0.4) is 0 Å². The van der Waals surface area contributed by atoms with Crippen molar-refractivity contribution < 1.29 is 4.74 Å². The van der Waals surface area contributed by atoms with Crippen LogP contribution in [0.1, 0.15) is 53.0 Å². The highest BCUT2D eigenvalue weighted by Gasteiger charge is 2.23. The maximum Gasteiger partial charge on any atom is 0.213 e. The first kappa shape index (κ1) is 14.0. The Kier molecular flexibility index (Phi) is 4.55. The highest BCUT2D eigenvalue weighted by molar-refractivity contribution is 5.20. The fourth-order valence-electron chi connectivity index (χ4n) is 1.25. The van der Waals surface area contributed by atoms with Crippen LogP contribution in [0.25, 0.3) is 0 Å². The Bertz CT molecular complexity index is 338. The van der Waals surface area contributed by atoms with Gasteiger partial charge in [0.25, 0.3) is 0 Å². The fourth-order valence-corrected chi connectivity index (χ4v) is 1.25. The third-order valence-electron chi connectivity index (χ3n) is 3.58. The molecule has 0 aliphatic rings. The van der Waals surface area contributed by atoms with E-state index in [0.717, 1.165) is 5.88 Å². The van der Waals surface area contributed by atoms with Gasteiger partial charge in [0.1, 0.15) is 0 Å². The molecule has 1 aromatic rings. The van der Waals surface area contributed by atoms with Gasteiger partial charge >= 0.3 is 0 Å². The van der Waals surface area contributed by atoms with Crippen molar-refractivity contribution in [2.45, 2.75) is 47.5 Å². The van der Waals surface area contributed by atoms with Crippen LogP contribution in [0.2, 0.25) is 0 Å². The van der Waals surface area contributed by atoms with Crippen molar-refractivity contribution in [1.29, 1.82) is 0 Å². The number of nitrogens with zero attached hydrogens (tertiary/aromatic N) is 1. The summed E-state index contributed by atoms with van der Waals surface area (Å²) < 4.78 is 5.76. The second-order valence-electron chi connectivity index (χ2n) is 6.02. The molecule has 1 aromatic heterocycles. The van der Waals surface area contributed by atoms with E-state index in [2.05, 4.69) is 52.6 Å². The van der Waals surface area contributed by atoms with Crippen molar-refractivity contribution in [3.63, 3.8) is 0 Å². The molecule has 96 valence electrons. The molecule has 0 unspecified atom stereocenters. The van der Waals surface area contributed by atoms with Gasteiger partial charge in [-0.25, -0.2) is 4.98 Å². The first-order valence-corrected chi connectivity index (χ1v) is 6.41. The summed E-state index contributed by atoms with van der Waals surface area (Å²) in [6.45, 7) is 13.9. The molecule has 0 radical (unpaired) electrons. The Morgan fingerprint density at radius 1 is 1.18 bits per heavy atom. The van der Waals surface area contributed by atoms with Crippen LogP contribution in [-0.4, -0.2) is 11.6 Å². The molecule has 1 rings (SSSR count). The lowest BCUT2D eigenvalue weighted by molar-refractivity contribution is 0.126. The van der Waals surface area contributed by atoms with E-state index in [4.69, 9.17) is 4.74 Å². The Morgan fingerprint density at radius 2 is 1.82 bits per heavy atom. The quantitative estimate of drug-likeness (QED) is 0.760. The second-order valence-corrected chi connectivity index (χ2v) is 6.02. The normalized spacial score (nSPS) is 12.2. The van der Waals surface area contributed by atoms with Crippen LogP contribution < -0.4 is 4.74 Å². The van der Waals surface area contributed by atoms with Crippen LogP contribution in [0, 0.1) is 11.3 Å². The van der Waals surface area contributed by atoms with Gasteiger partial charge in [0.05, 0.1) is 6.61 Å². The minimum absolute atomic E-state index is 0.179. The molecular formula is C15H25NO. The molecular weight excluding hydrogens is 210 g/mol. The van der Waals surface area contributed by atoms with Crippen molar-refractivity contribution in [2.75, 3.05) is 6.61 Å². The van der Waals surface area contributed by atoms with E-state index in [1.165, 1.54) is 5.56 Å². The van der Waals surface area contributed by atoms with Gasteiger partial charge in [-0.05, 0) is 17.4 Å². The maximum atomic E-state index is 5.76. The predicted octanol–water partition coefficient (Wildman–Crippen LogP) is 4.27. The zero-order chi connectivity index (χ0) is 13.1.